The largest absolute Gasteiger partial charge is 0.335 e. The molecule has 3 rings (SSSR count). The number of sulfonamides is 1. The van der Waals surface area contributed by atoms with Gasteiger partial charge in [0.25, 0.3) is 5.91 Å². The summed E-state index contributed by atoms with van der Waals surface area (Å²) in [7, 11) is -3.61. The van der Waals surface area contributed by atoms with Gasteiger partial charge in [0.2, 0.25) is 10.0 Å². The van der Waals surface area contributed by atoms with E-state index in [4.69, 9.17) is 11.6 Å². The Hall–Kier alpha value is -1.41. The van der Waals surface area contributed by atoms with Crippen molar-refractivity contribution >= 4 is 38.9 Å². The lowest BCUT2D eigenvalue weighted by molar-refractivity contribution is 0.0703. The molecular weight excluding hydrogens is 380 g/mol. The van der Waals surface area contributed by atoms with Crippen LogP contribution in [0.1, 0.15) is 20.1 Å². The van der Waals surface area contributed by atoms with Gasteiger partial charge in [-0.3, -0.25) is 4.79 Å². The fraction of sp³-hybridized carbons (Fsp3) is 0.353. The number of carbonyl (C=O) groups is 1. The highest BCUT2D eigenvalue weighted by Crippen LogP contribution is 2.26. The molecule has 1 fully saturated rings. The second-order valence-corrected chi connectivity index (χ2v) is 9.57. The van der Waals surface area contributed by atoms with Crippen LogP contribution < -0.4 is 0 Å². The highest BCUT2D eigenvalue weighted by Gasteiger charge is 2.31. The zero-order valence-corrected chi connectivity index (χ0v) is 16.4. The van der Waals surface area contributed by atoms with Crippen LogP contribution in [0.2, 0.25) is 5.02 Å². The van der Waals surface area contributed by atoms with Crippen molar-refractivity contribution in [2.45, 2.75) is 18.7 Å². The molecule has 0 bridgehead atoms. The molecule has 134 valence electrons. The molecule has 0 aliphatic carbocycles. The Morgan fingerprint density at radius 1 is 1.08 bits per heavy atom. The van der Waals surface area contributed by atoms with E-state index in [0.29, 0.717) is 28.6 Å². The number of hydrogen-bond donors (Lipinski definition) is 0. The van der Waals surface area contributed by atoms with Crippen LogP contribution in [0.3, 0.4) is 0 Å². The van der Waals surface area contributed by atoms with Crippen LogP contribution >= 0.6 is 22.9 Å². The molecule has 1 saturated heterocycles. The number of hydrogen-bond acceptors (Lipinski definition) is 4. The van der Waals surface area contributed by atoms with Gasteiger partial charge in [0, 0.05) is 36.1 Å². The van der Waals surface area contributed by atoms with E-state index in [1.165, 1.54) is 15.6 Å². The van der Waals surface area contributed by atoms with Crippen LogP contribution in [0, 0.1) is 13.8 Å². The average molecular weight is 399 g/mol. The molecule has 1 aliphatic heterocycles. The minimum atomic E-state index is -3.61. The van der Waals surface area contributed by atoms with Crippen LogP contribution in [0.4, 0.5) is 0 Å². The molecule has 8 heteroatoms. The minimum absolute atomic E-state index is 0.0333. The molecular formula is C17H19ClN2O3S2. The smallest absolute Gasteiger partial charge is 0.264 e. The van der Waals surface area contributed by atoms with E-state index < -0.39 is 10.0 Å². The number of nitrogens with zero attached hydrogens (tertiary/aromatic N) is 2. The predicted octanol–water partition coefficient (Wildman–Crippen LogP) is 3.17. The molecule has 5 nitrogen and oxygen atoms in total. The molecule has 1 amide bonds. The van der Waals surface area contributed by atoms with Crippen LogP contribution in [0.5, 0.6) is 0 Å². The zero-order chi connectivity index (χ0) is 18.2. The van der Waals surface area contributed by atoms with Gasteiger partial charge >= 0.3 is 0 Å². The van der Waals surface area contributed by atoms with E-state index in [-0.39, 0.29) is 23.9 Å². The van der Waals surface area contributed by atoms with Crippen molar-refractivity contribution in [1.82, 2.24) is 9.21 Å². The van der Waals surface area contributed by atoms with Gasteiger partial charge in [-0.15, -0.1) is 11.3 Å². The number of amides is 1. The molecule has 0 unspecified atom stereocenters. The second kappa shape index (κ2) is 7.07. The van der Waals surface area contributed by atoms with Crippen molar-refractivity contribution in [3.05, 3.63) is 50.7 Å². The quantitative estimate of drug-likeness (QED) is 0.797. The second-order valence-electron chi connectivity index (χ2n) is 5.97. The van der Waals surface area contributed by atoms with Crippen molar-refractivity contribution in [3.8, 4) is 0 Å². The third-order valence-electron chi connectivity index (χ3n) is 4.31. The maximum atomic E-state index is 12.9. The third-order valence-corrected chi connectivity index (χ3v) is 7.75. The normalized spacial score (nSPS) is 16.2. The molecule has 1 aliphatic rings. The summed E-state index contributed by atoms with van der Waals surface area (Å²) in [6, 6.07) is 8.63. The Balaban J connectivity index is 1.73. The van der Waals surface area contributed by atoms with E-state index in [1.807, 2.05) is 19.1 Å². The SMILES string of the molecule is Cc1ccc(C(=O)N2CCN(S(=O)(=O)c3cccc(Cl)c3C)CC2)s1. The first-order chi connectivity index (χ1) is 11.8. The number of thiophene rings is 1. The van der Waals surface area contributed by atoms with Crippen molar-refractivity contribution in [1.29, 1.82) is 0 Å². The van der Waals surface area contributed by atoms with Gasteiger partial charge in [0.05, 0.1) is 9.77 Å². The number of carbonyl (C=O) groups excluding carboxylic acids is 1. The monoisotopic (exact) mass is 398 g/mol. The fourth-order valence-corrected chi connectivity index (χ4v) is 5.58. The van der Waals surface area contributed by atoms with E-state index >= 15 is 0 Å². The number of rotatable bonds is 3. The van der Waals surface area contributed by atoms with E-state index in [0.717, 1.165) is 4.88 Å². The van der Waals surface area contributed by atoms with Crippen LogP contribution in [-0.4, -0.2) is 49.7 Å². The average Bonchev–Trinajstić information content (AvgIpc) is 3.03. The number of aryl methyl sites for hydroxylation is 1. The predicted molar refractivity (Wildman–Crippen MR) is 99.9 cm³/mol. The van der Waals surface area contributed by atoms with Crippen LogP contribution in [0.15, 0.2) is 35.2 Å². The van der Waals surface area contributed by atoms with Gasteiger partial charge in [-0.2, -0.15) is 4.31 Å². The standard InChI is InChI=1S/C17H19ClN2O3S2/c1-12-6-7-15(24-12)17(21)19-8-10-20(11-9-19)25(22,23)16-5-3-4-14(18)13(16)2/h3-7H,8-11H2,1-2H3. The van der Waals surface area contributed by atoms with Gasteiger partial charge in [0.1, 0.15) is 0 Å². The van der Waals surface area contributed by atoms with Gasteiger partial charge in [-0.1, -0.05) is 17.7 Å². The fourth-order valence-electron chi connectivity index (χ4n) is 2.84. The molecule has 1 aromatic carbocycles. The number of halogens is 1. The molecule has 2 heterocycles. The summed E-state index contributed by atoms with van der Waals surface area (Å²) < 4.78 is 27.2. The topological polar surface area (TPSA) is 57.7 Å². The van der Waals surface area contributed by atoms with Gasteiger partial charge in [0.15, 0.2) is 0 Å². The molecule has 0 atom stereocenters. The molecule has 1 aromatic heterocycles. The van der Waals surface area contributed by atoms with Crippen LogP contribution in [-0.2, 0) is 10.0 Å². The molecule has 0 spiro atoms. The zero-order valence-electron chi connectivity index (χ0n) is 14.0. The first-order valence-electron chi connectivity index (χ1n) is 7.91. The van der Waals surface area contributed by atoms with Crippen molar-refractivity contribution < 1.29 is 13.2 Å². The van der Waals surface area contributed by atoms with E-state index in [9.17, 15) is 13.2 Å². The first-order valence-corrected chi connectivity index (χ1v) is 10.5. The number of piperazine rings is 1. The Morgan fingerprint density at radius 2 is 1.76 bits per heavy atom. The number of benzene rings is 1. The van der Waals surface area contributed by atoms with E-state index in [1.54, 1.807) is 30.0 Å². The first kappa shape index (κ1) is 18.4. The highest BCUT2D eigenvalue weighted by atomic mass is 35.5. The lowest BCUT2D eigenvalue weighted by Gasteiger charge is -2.34. The maximum absolute atomic E-state index is 12.9. The summed E-state index contributed by atoms with van der Waals surface area (Å²) in [6.45, 7) is 4.99. The van der Waals surface area contributed by atoms with Gasteiger partial charge in [-0.05, 0) is 43.7 Å². The molecule has 25 heavy (non-hydrogen) atoms. The van der Waals surface area contributed by atoms with Crippen molar-refractivity contribution in [2.75, 3.05) is 26.2 Å². The maximum Gasteiger partial charge on any atom is 0.264 e. The van der Waals surface area contributed by atoms with E-state index in [2.05, 4.69) is 0 Å². The van der Waals surface area contributed by atoms with Gasteiger partial charge in [-0.25, -0.2) is 8.42 Å². The Kier molecular flexibility index (Phi) is 5.20. The van der Waals surface area contributed by atoms with Crippen LogP contribution in [0.25, 0.3) is 0 Å². The molecule has 2 aromatic rings. The summed E-state index contributed by atoms with van der Waals surface area (Å²) in [6.07, 6.45) is 0. The summed E-state index contributed by atoms with van der Waals surface area (Å²) >= 11 is 7.52. The van der Waals surface area contributed by atoms with Crippen molar-refractivity contribution in [2.24, 2.45) is 0 Å². The lowest BCUT2D eigenvalue weighted by Crippen LogP contribution is -2.50. The van der Waals surface area contributed by atoms with Crippen molar-refractivity contribution in [3.63, 3.8) is 0 Å². The Labute approximate surface area is 156 Å². The third kappa shape index (κ3) is 3.60. The Morgan fingerprint density at radius 3 is 2.36 bits per heavy atom. The molecule has 0 saturated carbocycles. The minimum Gasteiger partial charge on any atom is -0.335 e. The summed E-state index contributed by atoms with van der Waals surface area (Å²) in [5, 5.41) is 0.433. The Bertz CT molecular complexity index is 900. The highest BCUT2D eigenvalue weighted by molar-refractivity contribution is 7.89. The molecule has 0 N–H and O–H groups in total. The summed E-state index contributed by atoms with van der Waals surface area (Å²) in [4.78, 5) is 16.2. The molecule has 0 radical (unpaired) electrons. The summed E-state index contributed by atoms with van der Waals surface area (Å²) in [5.41, 5.74) is 0.553. The summed E-state index contributed by atoms with van der Waals surface area (Å²) in [5.74, 6) is -0.0333. The lowest BCUT2D eigenvalue weighted by atomic mass is 10.2. The van der Waals surface area contributed by atoms with Gasteiger partial charge < -0.3 is 4.90 Å².